The molecule has 0 radical (unpaired) electrons. The molecule has 1 aliphatic heterocycles. The summed E-state index contributed by atoms with van der Waals surface area (Å²) in [6.07, 6.45) is 1.44. The zero-order chi connectivity index (χ0) is 14.8. The lowest BCUT2D eigenvalue weighted by Crippen LogP contribution is -2.40. The highest BCUT2D eigenvalue weighted by molar-refractivity contribution is 5.80. The van der Waals surface area contributed by atoms with E-state index in [1.54, 1.807) is 0 Å². The highest BCUT2D eigenvalue weighted by atomic mass is 16.2. The maximum absolute atomic E-state index is 12.7. The van der Waals surface area contributed by atoms with Gasteiger partial charge in [-0.25, -0.2) is 0 Å². The molecule has 2 heteroatoms. The maximum atomic E-state index is 12.7. The number of hydrogen-bond donors (Lipinski definition) is 0. The van der Waals surface area contributed by atoms with Gasteiger partial charge in [-0.3, -0.25) is 4.79 Å². The quantitative estimate of drug-likeness (QED) is 0.819. The Balaban J connectivity index is 1.92. The Morgan fingerprint density at radius 2 is 1.62 bits per heavy atom. The van der Waals surface area contributed by atoms with Crippen molar-refractivity contribution in [3.05, 3.63) is 71.3 Å². The van der Waals surface area contributed by atoms with Gasteiger partial charge >= 0.3 is 0 Å². The topological polar surface area (TPSA) is 20.3 Å². The Hall–Kier alpha value is -2.09. The lowest BCUT2D eigenvalue weighted by Gasteiger charge is -2.33. The van der Waals surface area contributed by atoms with Gasteiger partial charge in [-0.1, -0.05) is 54.6 Å². The first-order valence-electron chi connectivity index (χ1n) is 7.59. The molecule has 0 fully saturated rings. The van der Waals surface area contributed by atoms with Gasteiger partial charge in [-0.2, -0.15) is 0 Å². The molecule has 21 heavy (non-hydrogen) atoms. The highest BCUT2D eigenvalue weighted by Crippen LogP contribution is 2.28. The Morgan fingerprint density at radius 3 is 2.33 bits per heavy atom. The van der Waals surface area contributed by atoms with E-state index in [1.807, 2.05) is 24.3 Å². The lowest BCUT2D eigenvalue weighted by atomic mass is 10.0. The Morgan fingerprint density at radius 1 is 1.00 bits per heavy atom. The van der Waals surface area contributed by atoms with Crippen LogP contribution in [0.15, 0.2) is 54.6 Å². The number of benzene rings is 2. The van der Waals surface area contributed by atoms with Crippen LogP contribution in [-0.4, -0.2) is 16.8 Å². The van der Waals surface area contributed by atoms with Crippen molar-refractivity contribution in [1.82, 2.24) is 4.90 Å². The van der Waals surface area contributed by atoms with E-state index in [0.717, 1.165) is 6.42 Å². The van der Waals surface area contributed by atoms with Crippen molar-refractivity contribution in [2.75, 3.05) is 0 Å². The minimum absolute atomic E-state index is 0.114. The van der Waals surface area contributed by atoms with Gasteiger partial charge < -0.3 is 4.90 Å². The van der Waals surface area contributed by atoms with E-state index in [1.165, 1.54) is 16.7 Å². The molecule has 1 amide bonds. The summed E-state index contributed by atoms with van der Waals surface area (Å²) in [5, 5.41) is 0. The van der Waals surface area contributed by atoms with Gasteiger partial charge in [0.05, 0.1) is 12.5 Å². The van der Waals surface area contributed by atoms with Crippen LogP contribution >= 0.6 is 0 Å². The molecule has 0 saturated carbocycles. The van der Waals surface area contributed by atoms with Crippen LogP contribution in [0, 0.1) is 0 Å². The van der Waals surface area contributed by atoms with E-state index in [-0.39, 0.29) is 18.0 Å². The van der Waals surface area contributed by atoms with Gasteiger partial charge in [0.1, 0.15) is 0 Å². The first kappa shape index (κ1) is 13.9. The average Bonchev–Trinajstić information content (AvgIpc) is 2.62. The largest absolute Gasteiger partial charge is 0.333 e. The predicted molar refractivity (Wildman–Crippen MR) is 85.0 cm³/mol. The summed E-state index contributed by atoms with van der Waals surface area (Å²) >= 11 is 0. The number of carbonyl (C=O) groups is 1. The predicted octanol–water partition coefficient (Wildman–Crippen LogP) is 3.76. The summed E-state index contributed by atoms with van der Waals surface area (Å²) in [6, 6.07) is 18.9. The SMILES string of the molecule is C[C@@H]1Cc2ccccc2CC(=O)N1[C@@H](C)c1ccccc1. The van der Waals surface area contributed by atoms with E-state index >= 15 is 0 Å². The van der Waals surface area contributed by atoms with Gasteiger partial charge in [0.25, 0.3) is 0 Å². The number of hydrogen-bond acceptors (Lipinski definition) is 1. The first-order chi connectivity index (χ1) is 10.2. The number of fused-ring (bicyclic) bond motifs is 1. The Labute approximate surface area is 126 Å². The fraction of sp³-hybridized carbons (Fsp3) is 0.316. The summed E-state index contributed by atoms with van der Waals surface area (Å²) in [7, 11) is 0. The van der Waals surface area contributed by atoms with Crippen LogP contribution in [0.5, 0.6) is 0 Å². The van der Waals surface area contributed by atoms with Crippen molar-refractivity contribution in [2.24, 2.45) is 0 Å². The molecule has 0 saturated heterocycles. The average molecular weight is 279 g/mol. The number of nitrogens with zero attached hydrogens (tertiary/aromatic N) is 1. The second kappa shape index (κ2) is 5.72. The molecule has 2 aromatic rings. The van der Waals surface area contributed by atoms with Crippen LogP contribution in [0.4, 0.5) is 0 Å². The van der Waals surface area contributed by atoms with E-state index in [2.05, 4.69) is 49.1 Å². The summed E-state index contributed by atoms with van der Waals surface area (Å²) < 4.78 is 0. The van der Waals surface area contributed by atoms with Gasteiger partial charge in [-0.05, 0) is 37.0 Å². The molecule has 0 unspecified atom stereocenters. The molecule has 0 spiro atoms. The summed E-state index contributed by atoms with van der Waals surface area (Å²) in [6.45, 7) is 4.28. The molecule has 2 aromatic carbocycles. The Bertz CT molecular complexity index is 635. The minimum Gasteiger partial charge on any atom is -0.333 e. The van der Waals surface area contributed by atoms with Crippen LogP contribution in [0.1, 0.15) is 36.6 Å². The molecule has 0 aliphatic carbocycles. The van der Waals surface area contributed by atoms with Crippen molar-refractivity contribution in [2.45, 2.75) is 38.8 Å². The van der Waals surface area contributed by atoms with Crippen molar-refractivity contribution in [3.8, 4) is 0 Å². The van der Waals surface area contributed by atoms with Gasteiger partial charge in [0.2, 0.25) is 5.91 Å². The second-order valence-electron chi connectivity index (χ2n) is 5.89. The summed E-state index contributed by atoms with van der Waals surface area (Å²) in [5.41, 5.74) is 3.68. The van der Waals surface area contributed by atoms with Crippen molar-refractivity contribution >= 4 is 5.91 Å². The second-order valence-corrected chi connectivity index (χ2v) is 5.89. The number of amides is 1. The summed E-state index contributed by atoms with van der Waals surface area (Å²) in [5.74, 6) is 0.226. The van der Waals surface area contributed by atoms with E-state index in [0.29, 0.717) is 6.42 Å². The summed E-state index contributed by atoms with van der Waals surface area (Å²) in [4.78, 5) is 14.8. The van der Waals surface area contributed by atoms with Gasteiger partial charge in [-0.15, -0.1) is 0 Å². The minimum atomic E-state index is 0.114. The standard InChI is InChI=1S/C19H21NO/c1-14-12-17-10-6-7-11-18(17)13-19(21)20(14)15(2)16-8-4-3-5-9-16/h3-11,14-15H,12-13H2,1-2H3/t14-,15+/m1/s1. The number of rotatable bonds is 2. The van der Waals surface area contributed by atoms with Crippen LogP contribution < -0.4 is 0 Å². The van der Waals surface area contributed by atoms with Crippen LogP contribution in [-0.2, 0) is 17.6 Å². The third-order valence-electron chi connectivity index (χ3n) is 4.44. The normalized spacial score (nSPS) is 19.8. The van der Waals surface area contributed by atoms with Crippen molar-refractivity contribution in [3.63, 3.8) is 0 Å². The number of carbonyl (C=O) groups excluding carboxylic acids is 1. The van der Waals surface area contributed by atoms with Crippen LogP contribution in [0.25, 0.3) is 0 Å². The zero-order valence-electron chi connectivity index (χ0n) is 12.6. The monoisotopic (exact) mass is 279 g/mol. The molecule has 1 heterocycles. The third kappa shape index (κ3) is 2.71. The zero-order valence-corrected chi connectivity index (χ0v) is 12.6. The fourth-order valence-corrected chi connectivity index (χ4v) is 3.34. The molecule has 3 rings (SSSR count). The molecule has 0 bridgehead atoms. The third-order valence-corrected chi connectivity index (χ3v) is 4.44. The molecule has 2 atom stereocenters. The smallest absolute Gasteiger partial charge is 0.227 e. The van der Waals surface area contributed by atoms with E-state index in [9.17, 15) is 4.79 Å². The van der Waals surface area contributed by atoms with Crippen molar-refractivity contribution < 1.29 is 4.79 Å². The molecule has 2 nitrogen and oxygen atoms in total. The van der Waals surface area contributed by atoms with E-state index in [4.69, 9.17) is 0 Å². The molecular weight excluding hydrogens is 258 g/mol. The molecule has 108 valence electrons. The molecular formula is C19H21NO. The van der Waals surface area contributed by atoms with Crippen molar-refractivity contribution in [1.29, 1.82) is 0 Å². The molecule has 0 aromatic heterocycles. The fourth-order valence-electron chi connectivity index (χ4n) is 3.34. The Kier molecular flexibility index (Phi) is 3.78. The van der Waals surface area contributed by atoms with Gasteiger partial charge in [0, 0.05) is 6.04 Å². The maximum Gasteiger partial charge on any atom is 0.227 e. The lowest BCUT2D eigenvalue weighted by molar-refractivity contribution is -0.134. The first-order valence-corrected chi connectivity index (χ1v) is 7.59. The molecule has 0 N–H and O–H groups in total. The molecule has 1 aliphatic rings. The highest BCUT2D eigenvalue weighted by Gasteiger charge is 2.30. The van der Waals surface area contributed by atoms with E-state index < -0.39 is 0 Å². The van der Waals surface area contributed by atoms with Gasteiger partial charge in [0.15, 0.2) is 0 Å². The van der Waals surface area contributed by atoms with Crippen LogP contribution in [0.3, 0.4) is 0 Å². The van der Waals surface area contributed by atoms with Crippen LogP contribution in [0.2, 0.25) is 0 Å².